The summed E-state index contributed by atoms with van der Waals surface area (Å²) in [5, 5.41) is 5.39. The minimum absolute atomic E-state index is 0.105. The van der Waals surface area contributed by atoms with Gasteiger partial charge in [-0.05, 0) is 43.9 Å². The molecular weight excluding hydrogens is 330 g/mol. The first-order valence-corrected chi connectivity index (χ1v) is 9.00. The van der Waals surface area contributed by atoms with E-state index in [1.54, 1.807) is 29.2 Å². The molecule has 2 N–H and O–H groups in total. The highest BCUT2D eigenvalue weighted by Crippen LogP contribution is 2.32. The summed E-state index contributed by atoms with van der Waals surface area (Å²) in [6, 6.07) is 6.97. The first kappa shape index (κ1) is 18.0. The number of hydrogen-bond acceptors (Lipinski definition) is 3. The molecule has 6 nitrogen and oxygen atoms in total. The lowest BCUT2D eigenvalue weighted by Gasteiger charge is -2.32. The summed E-state index contributed by atoms with van der Waals surface area (Å²) in [4.78, 5) is 38.3. The molecule has 1 saturated carbocycles. The quantitative estimate of drug-likeness (QED) is 0.785. The van der Waals surface area contributed by atoms with Gasteiger partial charge in [0.25, 0.3) is 0 Å². The fourth-order valence-corrected chi connectivity index (χ4v) is 3.18. The smallest absolute Gasteiger partial charge is 0.243 e. The molecule has 1 heterocycles. The van der Waals surface area contributed by atoms with E-state index in [-0.39, 0.29) is 36.1 Å². The van der Waals surface area contributed by atoms with E-state index in [2.05, 4.69) is 16.6 Å². The minimum atomic E-state index is -0.311. The van der Waals surface area contributed by atoms with Crippen molar-refractivity contribution in [2.75, 3.05) is 25.0 Å². The highest BCUT2D eigenvalue weighted by atomic mass is 16.2. The lowest BCUT2D eigenvalue weighted by atomic mass is 9.96. The molecule has 3 amide bonds. The molecule has 26 heavy (non-hydrogen) atoms. The molecule has 1 aliphatic heterocycles. The van der Waals surface area contributed by atoms with Crippen molar-refractivity contribution in [2.24, 2.45) is 11.8 Å². The van der Waals surface area contributed by atoms with Crippen LogP contribution in [0.2, 0.25) is 0 Å². The zero-order chi connectivity index (χ0) is 18.5. The Labute approximate surface area is 153 Å². The lowest BCUT2D eigenvalue weighted by molar-refractivity contribution is -0.137. The Bertz CT molecular complexity index is 749. The van der Waals surface area contributed by atoms with Crippen LogP contribution in [0.4, 0.5) is 5.69 Å². The average molecular weight is 353 g/mol. The Morgan fingerprint density at radius 3 is 2.73 bits per heavy atom. The predicted octanol–water partition coefficient (Wildman–Crippen LogP) is 1.37. The average Bonchev–Trinajstić information content (AvgIpc) is 3.51. The van der Waals surface area contributed by atoms with Gasteiger partial charge in [0, 0.05) is 30.3 Å². The molecule has 136 valence electrons. The van der Waals surface area contributed by atoms with Crippen molar-refractivity contribution in [3.63, 3.8) is 0 Å². The monoisotopic (exact) mass is 353 g/mol. The second kappa shape index (κ2) is 8.05. The van der Waals surface area contributed by atoms with Gasteiger partial charge in [-0.2, -0.15) is 0 Å². The second-order valence-electron chi connectivity index (χ2n) is 6.89. The number of anilines is 1. The van der Waals surface area contributed by atoms with Crippen molar-refractivity contribution >= 4 is 23.4 Å². The van der Waals surface area contributed by atoms with Crippen molar-refractivity contribution in [2.45, 2.75) is 25.7 Å². The van der Waals surface area contributed by atoms with Crippen molar-refractivity contribution in [1.29, 1.82) is 0 Å². The summed E-state index contributed by atoms with van der Waals surface area (Å²) >= 11 is 0. The number of carbonyl (C=O) groups excluding carboxylic acids is 3. The van der Waals surface area contributed by atoms with Crippen LogP contribution in [0.1, 0.15) is 31.2 Å². The van der Waals surface area contributed by atoms with Crippen molar-refractivity contribution < 1.29 is 14.4 Å². The fourth-order valence-electron chi connectivity index (χ4n) is 3.18. The van der Waals surface area contributed by atoms with Crippen LogP contribution in [0.25, 0.3) is 0 Å². The maximum Gasteiger partial charge on any atom is 0.243 e. The number of nitrogens with zero attached hydrogens (tertiary/aromatic N) is 1. The molecule has 0 aromatic heterocycles. The van der Waals surface area contributed by atoms with Gasteiger partial charge in [0.15, 0.2) is 0 Å². The minimum Gasteiger partial charge on any atom is -0.347 e. The summed E-state index contributed by atoms with van der Waals surface area (Å²) in [6.07, 6.45) is 8.83. The zero-order valence-corrected chi connectivity index (χ0v) is 14.7. The summed E-state index contributed by atoms with van der Waals surface area (Å²) in [5.74, 6) is 2.12. The van der Waals surface area contributed by atoms with E-state index in [0.717, 1.165) is 32.2 Å². The number of piperidine rings is 1. The van der Waals surface area contributed by atoms with Gasteiger partial charge in [-0.15, -0.1) is 6.42 Å². The van der Waals surface area contributed by atoms with Crippen LogP contribution in [0.3, 0.4) is 0 Å². The van der Waals surface area contributed by atoms with Crippen LogP contribution in [0.5, 0.6) is 0 Å². The SMILES string of the molecule is C#Cc1cccc(NC(=O)CNC(=O)C2CCCN(C(=O)C3CC3)C2)c1. The molecule has 2 aliphatic rings. The van der Waals surface area contributed by atoms with Crippen molar-refractivity contribution in [3.8, 4) is 12.3 Å². The molecule has 1 unspecified atom stereocenters. The van der Waals surface area contributed by atoms with Crippen molar-refractivity contribution in [3.05, 3.63) is 29.8 Å². The number of terminal acetylenes is 1. The summed E-state index contributed by atoms with van der Waals surface area (Å²) in [5.41, 5.74) is 1.27. The van der Waals surface area contributed by atoms with Crippen LogP contribution in [-0.4, -0.2) is 42.3 Å². The van der Waals surface area contributed by atoms with Crippen molar-refractivity contribution in [1.82, 2.24) is 10.2 Å². The molecule has 1 atom stereocenters. The van der Waals surface area contributed by atoms with E-state index >= 15 is 0 Å². The van der Waals surface area contributed by atoms with Gasteiger partial charge in [-0.3, -0.25) is 14.4 Å². The van der Waals surface area contributed by atoms with Crippen LogP contribution < -0.4 is 10.6 Å². The molecule has 0 spiro atoms. The molecular formula is C20H23N3O3. The predicted molar refractivity (Wildman–Crippen MR) is 98.0 cm³/mol. The van der Waals surface area contributed by atoms with Gasteiger partial charge in [-0.1, -0.05) is 12.0 Å². The molecule has 1 aliphatic carbocycles. The molecule has 1 saturated heterocycles. The van der Waals surface area contributed by atoms with E-state index in [1.165, 1.54) is 0 Å². The number of hydrogen-bond donors (Lipinski definition) is 2. The van der Waals surface area contributed by atoms with Gasteiger partial charge in [0.2, 0.25) is 17.7 Å². The van der Waals surface area contributed by atoms with Gasteiger partial charge >= 0.3 is 0 Å². The van der Waals surface area contributed by atoms with E-state index in [4.69, 9.17) is 6.42 Å². The first-order chi connectivity index (χ1) is 12.6. The summed E-state index contributed by atoms with van der Waals surface area (Å²) < 4.78 is 0. The summed E-state index contributed by atoms with van der Waals surface area (Å²) in [6.45, 7) is 1.07. The Hall–Kier alpha value is -2.81. The normalized spacial score (nSPS) is 19.3. The van der Waals surface area contributed by atoms with Crippen LogP contribution in [0.15, 0.2) is 24.3 Å². The lowest BCUT2D eigenvalue weighted by Crippen LogP contribution is -2.47. The van der Waals surface area contributed by atoms with E-state index in [0.29, 0.717) is 17.8 Å². The zero-order valence-electron chi connectivity index (χ0n) is 14.7. The van der Waals surface area contributed by atoms with Gasteiger partial charge in [0.05, 0.1) is 12.5 Å². The topological polar surface area (TPSA) is 78.5 Å². The van der Waals surface area contributed by atoms with Gasteiger partial charge < -0.3 is 15.5 Å². The second-order valence-corrected chi connectivity index (χ2v) is 6.89. The van der Waals surface area contributed by atoms with Crippen LogP contribution in [-0.2, 0) is 14.4 Å². The highest BCUT2D eigenvalue weighted by molar-refractivity contribution is 5.95. The standard InChI is InChI=1S/C20H23N3O3/c1-2-14-5-3-7-17(11-14)22-18(24)12-21-19(25)16-6-4-10-23(13-16)20(26)15-8-9-15/h1,3,5,7,11,15-16H,4,6,8-10,12-13H2,(H,21,25)(H,22,24). The Balaban J connectivity index is 1.46. The molecule has 0 radical (unpaired) electrons. The van der Waals surface area contributed by atoms with E-state index < -0.39 is 0 Å². The molecule has 0 bridgehead atoms. The number of nitrogens with one attached hydrogen (secondary N) is 2. The highest BCUT2D eigenvalue weighted by Gasteiger charge is 2.36. The van der Waals surface area contributed by atoms with Crippen LogP contribution in [0, 0.1) is 24.2 Å². The largest absolute Gasteiger partial charge is 0.347 e. The molecule has 1 aromatic carbocycles. The third kappa shape index (κ3) is 4.63. The van der Waals surface area contributed by atoms with Gasteiger partial charge in [-0.25, -0.2) is 0 Å². The third-order valence-electron chi connectivity index (χ3n) is 4.77. The summed E-state index contributed by atoms with van der Waals surface area (Å²) in [7, 11) is 0. The van der Waals surface area contributed by atoms with Crippen LogP contribution >= 0.6 is 0 Å². The Morgan fingerprint density at radius 1 is 1.19 bits per heavy atom. The third-order valence-corrected chi connectivity index (χ3v) is 4.77. The molecule has 6 heteroatoms. The first-order valence-electron chi connectivity index (χ1n) is 9.00. The van der Waals surface area contributed by atoms with E-state index in [1.807, 2.05) is 0 Å². The number of amides is 3. The molecule has 3 rings (SSSR count). The number of likely N-dealkylation sites (tertiary alicyclic amines) is 1. The Morgan fingerprint density at radius 2 is 2.00 bits per heavy atom. The van der Waals surface area contributed by atoms with Gasteiger partial charge in [0.1, 0.15) is 0 Å². The molecule has 2 fully saturated rings. The molecule has 1 aromatic rings. The Kier molecular flexibility index (Phi) is 5.57. The number of rotatable bonds is 5. The number of carbonyl (C=O) groups is 3. The maximum atomic E-state index is 12.4. The van der Waals surface area contributed by atoms with E-state index in [9.17, 15) is 14.4 Å². The number of benzene rings is 1. The fraction of sp³-hybridized carbons (Fsp3) is 0.450. The maximum absolute atomic E-state index is 12.4.